The minimum absolute atomic E-state index is 0.351. The van der Waals surface area contributed by atoms with Crippen LogP contribution in [0, 0.1) is 0 Å². The molecule has 0 N–H and O–H groups in total. The number of amides is 1. The molecule has 3 rings (SSSR count). The number of carbonyl (C=O) groups is 2. The molecule has 6 nitrogen and oxygen atoms in total. The van der Waals surface area contributed by atoms with Crippen LogP contribution in [0.1, 0.15) is 42.3 Å². The average Bonchev–Trinajstić information content (AvgIpc) is 2.55. The second kappa shape index (κ2) is 6.61. The van der Waals surface area contributed by atoms with Gasteiger partial charge in [0.05, 0.1) is 25.8 Å². The van der Waals surface area contributed by atoms with E-state index in [0.29, 0.717) is 29.7 Å². The SMILES string of the molecule is COC(=O)c1cc2c(cc1CBr)C=CC1(CN(C(=O)OC(C)(C)C)C1)O2. The van der Waals surface area contributed by atoms with Crippen LogP contribution in [0.15, 0.2) is 18.2 Å². The van der Waals surface area contributed by atoms with Gasteiger partial charge < -0.3 is 14.2 Å². The van der Waals surface area contributed by atoms with Gasteiger partial charge in [0.15, 0.2) is 5.60 Å². The largest absolute Gasteiger partial charge is 0.479 e. The number of methoxy groups -OCH3 is 1. The molecule has 0 bridgehead atoms. The number of halogens is 1. The first kappa shape index (κ1) is 18.8. The van der Waals surface area contributed by atoms with Crippen LogP contribution in [0.2, 0.25) is 0 Å². The molecule has 0 atom stereocenters. The Morgan fingerprint density at radius 3 is 2.58 bits per heavy atom. The summed E-state index contributed by atoms with van der Waals surface area (Å²) in [6, 6.07) is 3.61. The summed E-state index contributed by atoms with van der Waals surface area (Å²) >= 11 is 3.40. The van der Waals surface area contributed by atoms with Crippen molar-refractivity contribution in [1.82, 2.24) is 4.90 Å². The summed E-state index contributed by atoms with van der Waals surface area (Å²) in [5, 5.41) is 0.538. The summed E-state index contributed by atoms with van der Waals surface area (Å²) in [6.07, 6.45) is 3.58. The predicted octanol–water partition coefficient (Wildman–Crippen LogP) is 3.76. The quantitative estimate of drug-likeness (QED) is 0.535. The third-order valence-electron chi connectivity index (χ3n) is 4.23. The van der Waals surface area contributed by atoms with Crippen molar-refractivity contribution in [1.29, 1.82) is 0 Å². The lowest BCUT2D eigenvalue weighted by atomic mass is 9.89. The molecule has 7 heteroatoms. The highest BCUT2D eigenvalue weighted by Crippen LogP contribution is 2.38. The van der Waals surface area contributed by atoms with Crippen molar-refractivity contribution < 1.29 is 23.8 Å². The summed E-state index contributed by atoms with van der Waals surface area (Å²) in [5.74, 6) is 0.208. The van der Waals surface area contributed by atoms with Crippen LogP contribution in [0.3, 0.4) is 0 Å². The van der Waals surface area contributed by atoms with E-state index in [0.717, 1.165) is 11.1 Å². The van der Waals surface area contributed by atoms with Gasteiger partial charge in [-0.05, 0) is 44.5 Å². The van der Waals surface area contributed by atoms with E-state index in [9.17, 15) is 9.59 Å². The van der Waals surface area contributed by atoms with Crippen LogP contribution in [0.25, 0.3) is 6.08 Å². The van der Waals surface area contributed by atoms with E-state index in [4.69, 9.17) is 14.2 Å². The topological polar surface area (TPSA) is 65.1 Å². The number of rotatable bonds is 2. The molecule has 1 saturated heterocycles. The van der Waals surface area contributed by atoms with Crippen LogP contribution >= 0.6 is 15.9 Å². The molecule has 0 radical (unpaired) electrons. The number of esters is 1. The van der Waals surface area contributed by atoms with Crippen molar-refractivity contribution in [2.45, 2.75) is 37.3 Å². The number of ether oxygens (including phenoxy) is 3. The number of likely N-dealkylation sites (tertiary alicyclic amines) is 1. The molecule has 2 heterocycles. The highest BCUT2D eigenvalue weighted by Gasteiger charge is 2.48. The Morgan fingerprint density at radius 1 is 1.31 bits per heavy atom. The first-order valence-corrected chi connectivity index (χ1v) is 9.46. The highest BCUT2D eigenvalue weighted by molar-refractivity contribution is 9.08. The second-order valence-corrected chi connectivity index (χ2v) is 8.07. The lowest BCUT2D eigenvalue weighted by molar-refractivity contribution is -0.0564. The van der Waals surface area contributed by atoms with Gasteiger partial charge in [0, 0.05) is 10.9 Å². The van der Waals surface area contributed by atoms with E-state index >= 15 is 0 Å². The minimum atomic E-state index is -0.576. The van der Waals surface area contributed by atoms with E-state index < -0.39 is 17.2 Å². The summed E-state index contributed by atoms with van der Waals surface area (Å²) in [7, 11) is 1.35. The van der Waals surface area contributed by atoms with E-state index in [2.05, 4.69) is 15.9 Å². The fourth-order valence-corrected chi connectivity index (χ4v) is 3.46. The first-order valence-electron chi connectivity index (χ1n) is 8.34. The Kier molecular flexibility index (Phi) is 4.77. The zero-order valence-corrected chi connectivity index (χ0v) is 16.9. The maximum absolute atomic E-state index is 12.1. The van der Waals surface area contributed by atoms with Gasteiger partial charge in [0.25, 0.3) is 0 Å². The molecule has 0 unspecified atom stereocenters. The van der Waals surface area contributed by atoms with Gasteiger partial charge in [-0.2, -0.15) is 0 Å². The first-order chi connectivity index (χ1) is 12.2. The lowest BCUT2D eigenvalue weighted by Crippen LogP contribution is -2.66. The van der Waals surface area contributed by atoms with Gasteiger partial charge >= 0.3 is 12.1 Å². The molecule has 0 aliphatic carbocycles. The number of hydrogen-bond acceptors (Lipinski definition) is 5. The van der Waals surface area contributed by atoms with Gasteiger partial charge in [-0.1, -0.05) is 22.0 Å². The minimum Gasteiger partial charge on any atom is -0.479 e. The summed E-state index contributed by atoms with van der Waals surface area (Å²) < 4.78 is 16.4. The van der Waals surface area contributed by atoms with Crippen LogP contribution in [0.4, 0.5) is 4.79 Å². The van der Waals surface area contributed by atoms with E-state index in [1.165, 1.54) is 7.11 Å². The fraction of sp³-hybridized carbons (Fsp3) is 0.474. The Labute approximate surface area is 161 Å². The maximum atomic E-state index is 12.1. The van der Waals surface area contributed by atoms with Crippen molar-refractivity contribution in [3.05, 3.63) is 34.9 Å². The number of hydrogen-bond donors (Lipinski definition) is 0. The monoisotopic (exact) mass is 423 g/mol. The third kappa shape index (κ3) is 3.58. The van der Waals surface area contributed by atoms with Crippen LogP contribution in [-0.4, -0.2) is 48.4 Å². The Balaban J connectivity index is 1.77. The van der Waals surface area contributed by atoms with Crippen LogP contribution in [0.5, 0.6) is 5.75 Å². The predicted molar refractivity (Wildman–Crippen MR) is 101 cm³/mol. The van der Waals surface area contributed by atoms with Crippen molar-refractivity contribution in [3.63, 3.8) is 0 Å². The maximum Gasteiger partial charge on any atom is 0.410 e. The van der Waals surface area contributed by atoms with Crippen molar-refractivity contribution in [2.75, 3.05) is 20.2 Å². The highest BCUT2D eigenvalue weighted by atomic mass is 79.9. The van der Waals surface area contributed by atoms with Crippen LogP contribution < -0.4 is 4.74 Å². The smallest absolute Gasteiger partial charge is 0.410 e. The molecule has 0 aromatic heterocycles. The fourth-order valence-electron chi connectivity index (χ4n) is 2.99. The zero-order chi connectivity index (χ0) is 19.1. The van der Waals surface area contributed by atoms with E-state index in [-0.39, 0.29) is 6.09 Å². The molecular weight excluding hydrogens is 402 g/mol. The molecule has 0 saturated carbocycles. The molecule has 26 heavy (non-hydrogen) atoms. The Hall–Kier alpha value is -2.02. The van der Waals surface area contributed by atoms with Crippen molar-refractivity contribution >= 4 is 34.1 Å². The van der Waals surface area contributed by atoms with Gasteiger partial charge in [0.1, 0.15) is 11.4 Å². The molecular formula is C19H22BrNO5. The number of fused-ring (bicyclic) bond motifs is 1. The molecule has 140 valence electrons. The van der Waals surface area contributed by atoms with Gasteiger partial charge in [-0.15, -0.1) is 0 Å². The molecule has 1 fully saturated rings. The number of nitrogens with zero attached hydrogens (tertiary/aromatic N) is 1. The Bertz CT molecular complexity index is 775. The summed E-state index contributed by atoms with van der Waals surface area (Å²) in [4.78, 5) is 25.8. The van der Waals surface area contributed by atoms with Gasteiger partial charge in [-0.3, -0.25) is 4.90 Å². The average molecular weight is 424 g/mol. The van der Waals surface area contributed by atoms with Gasteiger partial charge in [0.2, 0.25) is 0 Å². The Morgan fingerprint density at radius 2 is 2.00 bits per heavy atom. The van der Waals surface area contributed by atoms with Crippen molar-refractivity contribution in [3.8, 4) is 5.75 Å². The molecule has 1 aromatic carbocycles. The zero-order valence-electron chi connectivity index (χ0n) is 15.3. The van der Waals surface area contributed by atoms with Crippen molar-refractivity contribution in [2.24, 2.45) is 0 Å². The summed E-state index contributed by atoms with van der Waals surface area (Å²) in [5.41, 5.74) is 1.10. The third-order valence-corrected chi connectivity index (χ3v) is 4.84. The number of benzene rings is 1. The molecule has 2 aliphatic heterocycles. The lowest BCUT2D eigenvalue weighted by Gasteiger charge is -2.49. The molecule has 2 aliphatic rings. The molecule has 1 amide bonds. The van der Waals surface area contributed by atoms with Gasteiger partial charge in [-0.25, -0.2) is 9.59 Å². The second-order valence-electron chi connectivity index (χ2n) is 7.51. The molecule has 1 aromatic rings. The normalized spacial score (nSPS) is 17.2. The number of alkyl halides is 1. The molecule has 1 spiro atoms. The standard InChI is InChI=1S/C19H22BrNO5/c1-18(2,3)26-17(23)21-10-19(11-21)6-5-12-7-13(9-20)14(16(22)24-4)8-15(12)25-19/h5-8H,9-11H2,1-4H3. The van der Waals surface area contributed by atoms with E-state index in [1.54, 1.807) is 11.0 Å². The van der Waals surface area contributed by atoms with E-state index in [1.807, 2.05) is 39.0 Å². The van der Waals surface area contributed by atoms with Crippen LogP contribution in [-0.2, 0) is 14.8 Å². The summed E-state index contributed by atoms with van der Waals surface area (Å²) in [6.45, 7) is 6.33. The number of carbonyl (C=O) groups excluding carboxylic acids is 2.